The van der Waals surface area contributed by atoms with E-state index >= 15 is 0 Å². The maximum absolute atomic E-state index is 12.9. The Balaban J connectivity index is 1.78. The van der Waals surface area contributed by atoms with Gasteiger partial charge in [0.15, 0.2) is 0 Å². The van der Waals surface area contributed by atoms with E-state index in [-0.39, 0.29) is 18.0 Å². The Morgan fingerprint density at radius 2 is 1.67 bits per heavy atom. The van der Waals surface area contributed by atoms with E-state index in [1.165, 1.54) is 5.57 Å². The maximum atomic E-state index is 12.9. The molecule has 2 aromatic carbocycles. The number of hydrogen-bond donors (Lipinski definition) is 0. The lowest BCUT2D eigenvalue weighted by Gasteiger charge is -2.35. The van der Waals surface area contributed by atoms with E-state index in [1.54, 1.807) is 12.1 Å². The minimum atomic E-state index is -1.10. The van der Waals surface area contributed by atoms with Crippen molar-refractivity contribution in [1.82, 2.24) is 0 Å². The second-order valence-corrected chi connectivity index (χ2v) is 9.02. The van der Waals surface area contributed by atoms with Crippen LogP contribution in [0, 0.1) is 5.41 Å². The molecule has 0 heterocycles. The summed E-state index contributed by atoms with van der Waals surface area (Å²) in [6.45, 7) is 4.67. The Labute approximate surface area is 163 Å². The smallest absolute Gasteiger partial charge is 0.338 e. The highest BCUT2D eigenvalue weighted by Crippen LogP contribution is 2.41. The van der Waals surface area contributed by atoms with Crippen LogP contribution in [0.1, 0.15) is 43.5 Å². The molecule has 0 unspecified atom stereocenters. The van der Waals surface area contributed by atoms with Gasteiger partial charge in [-0.3, -0.25) is 4.21 Å². The standard InChI is InChI=1S/C23H26O3S/c1-23(2)15-9-12-19(16-26-22(24)18-10-5-3-6-11-18)21(23)17-27(25)20-13-7-4-8-14-20/h3-8,10-11,13-14H,9,12,15-17H2,1-2H3/t27-/m0/s1. The minimum Gasteiger partial charge on any atom is -0.458 e. The topological polar surface area (TPSA) is 43.4 Å². The van der Waals surface area contributed by atoms with Crippen molar-refractivity contribution in [2.45, 2.75) is 38.0 Å². The molecule has 0 saturated heterocycles. The molecule has 2 aromatic rings. The van der Waals surface area contributed by atoms with Crippen LogP contribution < -0.4 is 0 Å². The number of esters is 1. The molecule has 1 aliphatic carbocycles. The largest absolute Gasteiger partial charge is 0.458 e. The van der Waals surface area contributed by atoms with Gasteiger partial charge in [0.1, 0.15) is 6.61 Å². The Hall–Kier alpha value is -2.20. The summed E-state index contributed by atoms with van der Waals surface area (Å²) in [6.07, 6.45) is 3.02. The van der Waals surface area contributed by atoms with Gasteiger partial charge in [0, 0.05) is 4.90 Å². The molecule has 4 heteroatoms. The van der Waals surface area contributed by atoms with Crippen molar-refractivity contribution in [2.24, 2.45) is 5.41 Å². The summed E-state index contributed by atoms with van der Waals surface area (Å²) in [4.78, 5) is 13.1. The average molecular weight is 383 g/mol. The fourth-order valence-corrected chi connectivity index (χ4v) is 5.06. The summed E-state index contributed by atoms with van der Waals surface area (Å²) in [7, 11) is -1.10. The van der Waals surface area contributed by atoms with E-state index in [4.69, 9.17) is 4.74 Å². The number of hydrogen-bond acceptors (Lipinski definition) is 3. The first kappa shape index (κ1) is 19.6. The van der Waals surface area contributed by atoms with E-state index in [1.807, 2.05) is 48.5 Å². The predicted octanol–water partition coefficient (Wildman–Crippen LogP) is 5.16. The highest BCUT2D eigenvalue weighted by atomic mass is 32.2. The van der Waals surface area contributed by atoms with Crippen LogP contribution in [0.5, 0.6) is 0 Å². The van der Waals surface area contributed by atoms with Crippen molar-refractivity contribution < 1.29 is 13.7 Å². The van der Waals surface area contributed by atoms with Crippen LogP contribution >= 0.6 is 0 Å². The molecule has 0 saturated carbocycles. The molecule has 0 radical (unpaired) electrons. The minimum absolute atomic E-state index is 0.0306. The van der Waals surface area contributed by atoms with Crippen molar-refractivity contribution >= 4 is 16.8 Å². The summed E-state index contributed by atoms with van der Waals surface area (Å²) in [5.41, 5.74) is 2.83. The van der Waals surface area contributed by atoms with E-state index in [9.17, 15) is 9.00 Å². The van der Waals surface area contributed by atoms with Gasteiger partial charge in [0.2, 0.25) is 0 Å². The van der Waals surface area contributed by atoms with E-state index in [0.29, 0.717) is 11.3 Å². The Bertz CT molecular complexity index is 838. The Morgan fingerprint density at radius 1 is 1.04 bits per heavy atom. The Kier molecular flexibility index (Phi) is 6.27. The molecule has 1 atom stereocenters. The molecule has 0 spiro atoms. The van der Waals surface area contributed by atoms with Gasteiger partial charge in [0.25, 0.3) is 0 Å². The maximum Gasteiger partial charge on any atom is 0.338 e. The number of carbonyl (C=O) groups excluding carboxylic acids is 1. The van der Waals surface area contributed by atoms with Crippen LogP contribution in [0.25, 0.3) is 0 Å². The predicted molar refractivity (Wildman–Crippen MR) is 109 cm³/mol. The lowest BCUT2D eigenvalue weighted by Crippen LogP contribution is -2.27. The highest BCUT2D eigenvalue weighted by Gasteiger charge is 2.31. The molecule has 0 amide bonds. The molecule has 0 bridgehead atoms. The summed E-state index contributed by atoms with van der Waals surface area (Å²) in [5, 5.41) is 0. The van der Waals surface area contributed by atoms with Crippen molar-refractivity contribution in [3.63, 3.8) is 0 Å². The fourth-order valence-electron chi connectivity index (χ4n) is 3.58. The zero-order chi connectivity index (χ0) is 19.3. The van der Waals surface area contributed by atoms with Gasteiger partial charge in [-0.15, -0.1) is 0 Å². The summed E-state index contributed by atoms with van der Waals surface area (Å²) >= 11 is 0. The van der Waals surface area contributed by atoms with E-state index < -0.39 is 10.8 Å². The fraction of sp³-hybridized carbons (Fsp3) is 0.348. The van der Waals surface area contributed by atoms with Crippen LogP contribution in [0.2, 0.25) is 0 Å². The van der Waals surface area contributed by atoms with Gasteiger partial charge < -0.3 is 4.74 Å². The SMILES string of the molecule is CC1(C)CCCC(COC(=O)c2ccccc2)=C1C[S@](=O)c1ccccc1. The van der Waals surface area contributed by atoms with Gasteiger partial charge in [-0.2, -0.15) is 0 Å². The third kappa shape index (κ3) is 4.95. The van der Waals surface area contributed by atoms with Gasteiger partial charge in [-0.25, -0.2) is 4.79 Å². The molecule has 0 aromatic heterocycles. The molecule has 3 nitrogen and oxygen atoms in total. The monoisotopic (exact) mass is 382 g/mol. The van der Waals surface area contributed by atoms with Crippen LogP contribution in [0.3, 0.4) is 0 Å². The lowest BCUT2D eigenvalue weighted by molar-refractivity contribution is 0.0532. The van der Waals surface area contributed by atoms with Crippen LogP contribution in [-0.2, 0) is 15.5 Å². The van der Waals surface area contributed by atoms with Crippen molar-refractivity contribution in [2.75, 3.05) is 12.4 Å². The van der Waals surface area contributed by atoms with Crippen molar-refractivity contribution in [3.05, 3.63) is 77.4 Å². The van der Waals surface area contributed by atoms with Gasteiger partial charge >= 0.3 is 5.97 Å². The molecular weight excluding hydrogens is 356 g/mol. The van der Waals surface area contributed by atoms with Crippen LogP contribution in [0.15, 0.2) is 76.7 Å². The first-order valence-electron chi connectivity index (χ1n) is 9.34. The normalized spacial score (nSPS) is 17.4. The highest BCUT2D eigenvalue weighted by molar-refractivity contribution is 7.85. The lowest BCUT2D eigenvalue weighted by atomic mass is 9.73. The van der Waals surface area contributed by atoms with Gasteiger partial charge in [-0.05, 0) is 60.1 Å². The molecule has 1 aliphatic rings. The molecule has 27 heavy (non-hydrogen) atoms. The van der Waals surface area contributed by atoms with E-state index in [2.05, 4.69) is 13.8 Å². The zero-order valence-corrected chi connectivity index (χ0v) is 16.8. The van der Waals surface area contributed by atoms with Gasteiger partial charge in [-0.1, -0.05) is 50.2 Å². The zero-order valence-electron chi connectivity index (χ0n) is 15.9. The summed E-state index contributed by atoms with van der Waals surface area (Å²) < 4.78 is 18.5. The van der Waals surface area contributed by atoms with Crippen molar-refractivity contribution in [1.29, 1.82) is 0 Å². The average Bonchev–Trinajstić information content (AvgIpc) is 2.69. The number of benzene rings is 2. The summed E-state index contributed by atoms with van der Waals surface area (Å²) in [5.74, 6) is 0.185. The molecule has 3 rings (SSSR count). The second-order valence-electron chi connectivity index (χ2n) is 7.56. The second kappa shape index (κ2) is 8.66. The molecule has 0 fully saturated rings. The molecule has 142 valence electrons. The van der Waals surface area contributed by atoms with Crippen LogP contribution in [-0.4, -0.2) is 22.5 Å². The van der Waals surface area contributed by atoms with Gasteiger partial charge in [0.05, 0.1) is 22.1 Å². The third-order valence-corrected chi connectivity index (χ3v) is 6.54. The molecular formula is C23H26O3S. The number of ether oxygens (including phenoxy) is 1. The first-order chi connectivity index (χ1) is 13.0. The summed E-state index contributed by atoms with van der Waals surface area (Å²) in [6, 6.07) is 18.6. The van der Waals surface area contributed by atoms with E-state index in [0.717, 1.165) is 29.7 Å². The number of carbonyl (C=O) groups is 1. The number of rotatable bonds is 6. The quantitative estimate of drug-likeness (QED) is 0.512. The first-order valence-corrected chi connectivity index (χ1v) is 10.7. The van der Waals surface area contributed by atoms with Crippen LogP contribution in [0.4, 0.5) is 0 Å². The third-order valence-electron chi connectivity index (χ3n) is 5.19. The Morgan fingerprint density at radius 3 is 2.33 bits per heavy atom. The molecule has 0 N–H and O–H groups in total. The van der Waals surface area contributed by atoms with Crippen molar-refractivity contribution in [3.8, 4) is 0 Å². The molecule has 0 aliphatic heterocycles.